The van der Waals surface area contributed by atoms with Gasteiger partial charge in [-0.1, -0.05) is 42.0 Å². The molecule has 0 unspecified atom stereocenters. The average Bonchev–Trinajstić information content (AvgIpc) is 3.24. The summed E-state index contributed by atoms with van der Waals surface area (Å²) < 4.78 is 10.6. The lowest BCUT2D eigenvalue weighted by Gasteiger charge is -2.10. The molecule has 0 saturated heterocycles. The Labute approximate surface area is 168 Å². The maximum Gasteiger partial charge on any atom is 0.339 e. The molecule has 0 fully saturated rings. The Kier molecular flexibility index (Phi) is 6.92. The summed E-state index contributed by atoms with van der Waals surface area (Å²) in [5.41, 5.74) is 2.54. The smallest absolute Gasteiger partial charge is 0.339 e. The van der Waals surface area contributed by atoms with Crippen molar-refractivity contribution in [3.05, 3.63) is 89.4 Å². The molecule has 0 spiro atoms. The van der Waals surface area contributed by atoms with Crippen molar-refractivity contribution >= 4 is 23.6 Å². The van der Waals surface area contributed by atoms with Gasteiger partial charge < -0.3 is 14.5 Å². The lowest BCUT2D eigenvalue weighted by Crippen LogP contribution is -2.24. The number of benzene rings is 2. The number of furan rings is 1. The van der Waals surface area contributed by atoms with Crippen molar-refractivity contribution in [2.75, 3.05) is 5.75 Å². The summed E-state index contributed by atoms with van der Waals surface area (Å²) in [5, 5.41) is 2.79. The van der Waals surface area contributed by atoms with Crippen LogP contribution < -0.4 is 5.32 Å². The number of rotatable bonds is 8. The minimum atomic E-state index is -0.403. The summed E-state index contributed by atoms with van der Waals surface area (Å²) in [4.78, 5) is 25.2. The predicted molar refractivity (Wildman–Crippen MR) is 108 cm³/mol. The molecular formula is C22H21NO4S. The van der Waals surface area contributed by atoms with Crippen LogP contribution in [0.4, 0.5) is 0 Å². The summed E-state index contributed by atoms with van der Waals surface area (Å²) >= 11 is 1.30. The Bertz CT molecular complexity index is 920. The van der Waals surface area contributed by atoms with Crippen molar-refractivity contribution in [1.82, 2.24) is 5.32 Å². The van der Waals surface area contributed by atoms with E-state index in [9.17, 15) is 9.59 Å². The van der Waals surface area contributed by atoms with E-state index in [0.717, 1.165) is 11.1 Å². The van der Waals surface area contributed by atoms with E-state index in [1.165, 1.54) is 11.8 Å². The Hall–Kier alpha value is -2.99. The maximum atomic E-state index is 12.5. The highest BCUT2D eigenvalue weighted by atomic mass is 32.2. The molecule has 3 rings (SSSR count). The van der Waals surface area contributed by atoms with Crippen LogP contribution in [-0.2, 0) is 22.7 Å². The molecule has 0 bridgehead atoms. The first-order valence-electron chi connectivity index (χ1n) is 8.85. The predicted octanol–water partition coefficient (Wildman–Crippen LogP) is 4.35. The van der Waals surface area contributed by atoms with Crippen LogP contribution in [0.3, 0.4) is 0 Å². The van der Waals surface area contributed by atoms with Crippen LogP contribution in [0.5, 0.6) is 0 Å². The van der Waals surface area contributed by atoms with E-state index in [1.807, 2.05) is 43.3 Å². The third kappa shape index (κ3) is 5.76. The van der Waals surface area contributed by atoms with E-state index in [4.69, 9.17) is 9.15 Å². The van der Waals surface area contributed by atoms with Gasteiger partial charge in [-0.05, 0) is 36.8 Å². The standard InChI is InChI=1S/C22H21NO4S/c1-16-8-10-17(11-9-16)14-27-22(25)19-6-2-3-7-20(19)28-15-21(24)23-13-18-5-4-12-26-18/h2-12H,13-15H2,1H3,(H,23,24). The minimum Gasteiger partial charge on any atom is -0.467 e. The Morgan fingerprint density at radius 2 is 1.82 bits per heavy atom. The summed E-state index contributed by atoms with van der Waals surface area (Å²) in [5.74, 6) is 0.352. The number of aryl methyl sites for hydroxylation is 1. The molecule has 0 aliphatic heterocycles. The molecule has 0 radical (unpaired) electrons. The van der Waals surface area contributed by atoms with Gasteiger partial charge in [-0.15, -0.1) is 11.8 Å². The zero-order valence-electron chi connectivity index (χ0n) is 15.5. The van der Waals surface area contributed by atoms with Crippen molar-refractivity contribution in [2.24, 2.45) is 0 Å². The van der Waals surface area contributed by atoms with Crippen LogP contribution in [0.2, 0.25) is 0 Å². The molecule has 5 nitrogen and oxygen atoms in total. The van der Waals surface area contributed by atoms with E-state index in [1.54, 1.807) is 30.5 Å². The molecule has 0 saturated carbocycles. The summed E-state index contributed by atoms with van der Waals surface area (Å²) in [7, 11) is 0. The molecule has 2 aromatic carbocycles. The monoisotopic (exact) mass is 395 g/mol. The molecule has 144 valence electrons. The molecule has 28 heavy (non-hydrogen) atoms. The molecule has 1 amide bonds. The van der Waals surface area contributed by atoms with E-state index < -0.39 is 5.97 Å². The first kappa shape index (κ1) is 19.8. The Balaban J connectivity index is 1.53. The van der Waals surface area contributed by atoms with Crippen molar-refractivity contribution in [2.45, 2.75) is 25.0 Å². The lowest BCUT2D eigenvalue weighted by molar-refractivity contribution is -0.118. The van der Waals surface area contributed by atoms with Gasteiger partial charge in [0, 0.05) is 4.90 Å². The van der Waals surface area contributed by atoms with Crippen molar-refractivity contribution in [3.63, 3.8) is 0 Å². The zero-order chi connectivity index (χ0) is 19.8. The number of carbonyl (C=O) groups is 2. The van der Waals surface area contributed by atoms with Gasteiger partial charge in [-0.2, -0.15) is 0 Å². The Morgan fingerprint density at radius 1 is 1.04 bits per heavy atom. The van der Waals surface area contributed by atoms with E-state index >= 15 is 0 Å². The number of amides is 1. The second-order valence-corrected chi connectivity index (χ2v) is 7.22. The first-order valence-corrected chi connectivity index (χ1v) is 9.84. The van der Waals surface area contributed by atoms with Gasteiger partial charge in [0.25, 0.3) is 0 Å². The fourth-order valence-electron chi connectivity index (χ4n) is 2.47. The second-order valence-electron chi connectivity index (χ2n) is 6.20. The molecule has 0 aliphatic carbocycles. The Morgan fingerprint density at radius 3 is 2.57 bits per heavy atom. The van der Waals surface area contributed by atoms with Crippen molar-refractivity contribution in [3.8, 4) is 0 Å². The number of nitrogens with one attached hydrogen (secondary N) is 1. The number of thioether (sulfide) groups is 1. The van der Waals surface area contributed by atoms with Gasteiger partial charge in [0.05, 0.1) is 24.1 Å². The SMILES string of the molecule is Cc1ccc(COC(=O)c2ccccc2SCC(=O)NCc2ccco2)cc1. The lowest BCUT2D eigenvalue weighted by atomic mass is 10.2. The molecule has 6 heteroatoms. The molecular weight excluding hydrogens is 374 g/mol. The van der Waals surface area contributed by atoms with E-state index in [0.29, 0.717) is 22.8 Å². The number of hydrogen-bond acceptors (Lipinski definition) is 5. The fourth-order valence-corrected chi connectivity index (χ4v) is 3.34. The largest absolute Gasteiger partial charge is 0.467 e. The zero-order valence-corrected chi connectivity index (χ0v) is 16.3. The molecule has 1 aromatic heterocycles. The molecule has 1 N–H and O–H groups in total. The third-order valence-corrected chi connectivity index (χ3v) is 5.07. The quantitative estimate of drug-likeness (QED) is 0.454. The molecule has 1 heterocycles. The van der Waals surface area contributed by atoms with Crippen molar-refractivity contribution in [1.29, 1.82) is 0 Å². The van der Waals surface area contributed by atoms with Gasteiger partial charge in [0.15, 0.2) is 0 Å². The van der Waals surface area contributed by atoms with Crippen LogP contribution in [0.1, 0.15) is 27.2 Å². The fraction of sp³-hybridized carbons (Fsp3) is 0.182. The molecule has 0 atom stereocenters. The minimum absolute atomic E-state index is 0.135. The average molecular weight is 395 g/mol. The maximum absolute atomic E-state index is 12.5. The highest BCUT2D eigenvalue weighted by Gasteiger charge is 2.14. The normalized spacial score (nSPS) is 10.5. The number of ether oxygens (including phenoxy) is 1. The summed E-state index contributed by atoms with van der Waals surface area (Å²) in [6.45, 7) is 2.56. The van der Waals surface area contributed by atoms with Gasteiger partial charge in [0.1, 0.15) is 12.4 Å². The van der Waals surface area contributed by atoms with Gasteiger partial charge in [-0.25, -0.2) is 4.79 Å². The highest BCUT2D eigenvalue weighted by molar-refractivity contribution is 8.00. The van der Waals surface area contributed by atoms with Crippen molar-refractivity contribution < 1.29 is 18.7 Å². The van der Waals surface area contributed by atoms with Crippen LogP contribution in [-0.4, -0.2) is 17.6 Å². The third-order valence-electron chi connectivity index (χ3n) is 4.00. The number of carbonyl (C=O) groups excluding carboxylic acids is 2. The van der Waals surface area contributed by atoms with Crippen LogP contribution in [0.25, 0.3) is 0 Å². The van der Waals surface area contributed by atoms with Crippen LogP contribution >= 0.6 is 11.8 Å². The van der Waals surface area contributed by atoms with Gasteiger partial charge in [0.2, 0.25) is 5.91 Å². The summed E-state index contributed by atoms with van der Waals surface area (Å²) in [6, 6.07) is 18.5. The topological polar surface area (TPSA) is 68.5 Å². The second kappa shape index (κ2) is 9.80. The first-order chi connectivity index (χ1) is 13.6. The van der Waals surface area contributed by atoms with Crippen LogP contribution in [0.15, 0.2) is 76.2 Å². The van der Waals surface area contributed by atoms with E-state index in [2.05, 4.69) is 5.32 Å². The van der Waals surface area contributed by atoms with E-state index in [-0.39, 0.29) is 18.3 Å². The number of esters is 1. The summed E-state index contributed by atoms with van der Waals surface area (Å²) in [6.07, 6.45) is 1.56. The molecule has 0 aliphatic rings. The van der Waals surface area contributed by atoms with Crippen LogP contribution in [0, 0.1) is 6.92 Å². The highest BCUT2D eigenvalue weighted by Crippen LogP contribution is 2.23. The molecule has 3 aromatic rings. The number of hydrogen-bond donors (Lipinski definition) is 1. The van der Waals surface area contributed by atoms with Gasteiger partial charge in [-0.3, -0.25) is 4.79 Å². The van der Waals surface area contributed by atoms with Gasteiger partial charge >= 0.3 is 5.97 Å².